The summed E-state index contributed by atoms with van der Waals surface area (Å²) in [4.78, 5) is 7.98. The molecule has 0 bridgehead atoms. The van der Waals surface area contributed by atoms with Crippen LogP contribution in [-0.4, -0.2) is 25.6 Å². The molecule has 2 aromatic heterocycles. The van der Waals surface area contributed by atoms with Crippen LogP contribution in [-0.2, 0) is 7.05 Å². The predicted molar refractivity (Wildman–Crippen MR) is 65.1 cm³/mol. The lowest BCUT2D eigenvalue weighted by Crippen LogP contribution is -2.13. The lowest BCUT2D eigenvalue weighted by Gasteiger charge is -2.03. The van der Waals surface area contributed by atoms with Crippen LogP contribution in [0.4, 0.5) is 0 Å². The van der Waals surface area contributed by atoms with Crippen LogP contribution in [0.3, 0.4) is 0 Å². The molecule has 0 aliphatic heterocycles. The van der Waals surface area contributed by atoms with E-state index in [1.165, 1.54) is 18.1 Å². The molecule has 6 nitrogen and oxygen atoms in total. The molecule has 3 N–H and O–H groups in total. The molecular formula is C10H12N6S. The van der Waals surface area contributed by atoms with Crippen molar-refractivity contribution in [2.24, 2.45) is 12.8 Å². The third kappa shape index (κ3) is 2.28. The van der Waals surface area contributed by atoms with Crippen LogP contribution in [0, 0.1) is 12.3 Å². The van der Waals surface area contributed by atoms with E-state index in [0.717, 1.165) is 15.7 Å². The maximum Gasteiger partial charge on any atom is 0.127 e. The second kappa shape index (κ2) is 4.54. The molecule has 2 aromatic rings. The monoisotopic (exact) mass is 248 g/mol. The van der Waals surface area contributed by atoms with E-state index in [1.807, 2.05) is 14.0 Å². The van der Waals surface area contributed by atoms with Gasteiger partial charge in [-0.2, -0.15) is 5.10 Å². The van der Waals surface area contributed by atoms with Gasteiger partial charge in [0.25, 0.3) is 0 Å². The highest BCUT2D eigenvalue weighted by atomic mass is 32.2. The average Bonchev–Trinajstić information content (AvgIpc) is 2.55. The highest BCUT2D eigenvalue weighted by Crippen LogP contribution is 2.29. The molecule has 0 radical (unpaired) electrons. The highest BCUT2D eigenvalue weighted by Gasteiger charge is 2.17. The molecular weight excluding hydrogens is 236 g/mol. The maximum atomic E-state index is 7.57. The Labute approximate surface area is 103 Å². The smallest absolute Gasteiger partial charge is 0.127 e. The average molecular weight is 248 g/mol. The first-order chi connectivity index (χ1) is 8.09. The van der Waals surface area contributed by atoms with Gasteiger partial charge in [-0.15, -0.1) is 0 Å². The van der Waals surface area contributed by atoms with Gasteiger partial charge in [0.05, 0.1) is 11.3 Å². The number of aryl methyl sites for hydroxylation is 2. The van der Waals surface area contributed by atoms with Crippen molar-refractivity contribution < 1.29 is 0 Å². The number of rotatable bonds is 3. The molecule has 0 saturated heterocycles. The molecule has 17 heavy (non-hydrogen) atoms. The summed E-state index contributed by atoms with van der Waals surface area (Å²) in [5.74, 6) is 0.0205. The maximum absolute atomic E-state index is 7.57. The third-order valence-corrected chi connectivity index (χ3v) is 3.31. The van der Waals surface area contributed by atoms with Gasteiger partial charge in [-0.25, -0.2) is 9.97 Å². The Kier molecular flexibility index (Phi) is 3.10. The summed E-state index contributed by atoms with van der Waals surface area (Å²) in [7, 11) is 1.82. The number of nitrogen functional groups attached to an aromatic ring is 1. The molecule has 0 amide bonds. The molecule has 0 aliphatic rings. The molecule has 0 aliphatic carbocycles. The second-order valence-electron chi connectivity index (χ2n) is 3.45. The topological polar surface area (TPSA) is 93.5 Å². The first kappa shape index (κ1) is 11.6. The molecule has 0 unspecified atom stereocenters. The lowest BCUT2D eigenvalue weighted by molar-refractivity contribution is 0.691. The first-order valence-corrected chi connectivity index (χ1v) is 5.73. The Morgan fingerprint density at radius 2 is 2.29 bits per heavy atom. The van der Waals surface area contributed by atoms with E-state index in [-0.39, 0.29) is 5.84 Å². The third-order valence-electron chi connectivity index (χ3n) is 2.19. The van der Waals surface area contributed by atoms with Gasteiger partial charge in [0.2, 0.25) is 0 Å². The van der Waals surface area contributed by atoms with Gasteiger partial charge in [0.1, 0.15) is 22.2 Å². The van der Waals surface area contributed by atoms with E-state index in [9.17, 15) is 0 Å². The first-order valence-electron chi connectivity index (χ1n) is 4.91. The van der Waals surface area contributed by atoms with Gasteiger partial charge in [-0.1, -0.05) is 0 Å². The predicted octanol–water partition coefficient (Wildman–Crippen LogP) is 0.954. The summed E-state index contributed by atoms with van der Waals surface area (Å²) in [5.41, 5.74) is 6.98. The van der Waals surface area contributed by atoms with Crippen molar-refractivity contribution in [3.63, 3.8) is 0 Å². The van der Waals surface area contributed by atoms with Crippen LogP contribution >= 0.6 is 11.8 Å². The number of amidine groups is 1. The quantitative estimate of drug-likeness (QED) is 0.479. The molecule has 2 rings (SSSR count). The molecule has 0 aromatic carbocycles. The molecule has 0 saturated carbocycles. The number of aromatic nitrogens is 4. The minimum absolute atomic E-state index is 0.0205. The Bertz CT molecular complexity index is 547. The molecule has 0 atom stereocenters. The van der Waals surface area contributed by atoms with Gasteiger partial charge in [0.15, 0.2) is 0 Å². The zero-order chi connectivity index (χ0) is 12.4. The number of nitrogens with one attached hydrogen (secondary N) is 1. The highest BCUT2D eigenvalue weighted by molar-refractivity contribution is 7.99. The normalized spacial score (nSPS) is 10.5. The van der Waals surface area contributed by atoms with Crippen LogP contribution < -0.4 is 5.73 Å². The molecule has 0 fully saturated rings. The summed E-state index contributed by atoms with van der Waals surface area (Å²) in [6.45, 7) is 1.83. The zero-order valence-corrected chi connectivity index (χ0v) is 10.3. The summed E-state index contributed by atoms with van der Waals surface area (Å²) in [6.07, 6.45) is 3.16. The minimum atomic E-state index is 0.0205. The Morgan fingerprint density at radius 3 is 2.88 bits per heavy atom. The van der Waals surface area contributed by atoms with Gasteiger partial charge >= 0.3 is 0 Å². The summed E-state index contributed by atoms with van der Waals surface area (Å²) < 4.78 is 1.71. The van der Waals surface area contributed by atoms with E-state index in [4.69, 9.17) is 11.1 Å². The standard InChI is InChI=1S/C10H12N6S/c1-6-8(9(11)12)10(16(2)15-6)17-7-3-4-13-5-14-7/h3-5H,1-2H3,(H3,11,12). The van der Waals surface area contributed by atoms with Gasteiger partial charge in [0, 0.05) is 13.2 Å². The fraction of sp³-hybridized carbons (Fsp3) is 0.200. The molecule has 2 heterocycles. The van der Waals surface area contributed by atoms with E-state index >= 15 is 0 Å². The Balaban J connectivity index is 2.42. The summed E-state index contributed by atoms with van der Waals surface area (Å²) >= 11 is 1.42. The van der Waals surface area contributed by atoms with Gasteiger partial charge in [-0.05, 0) is 24.8 Å². The van der Waals surface area contributed by atoms with E-state index in [0.29, 0.717) is 5.56 Å². The Hall–Kier alpha value is -1.89. The van der Waals surface area contributed by atoms with Crippen molar-refractivity contribution in [3.8, 4) is 0 Å². The minimum Gasteiger partial charge on any atom is -0.384 e. The SMILES string of the molecule is Cc1nn(C)c(Sc2ccncn2)c1C(=N)N. The van der Waals surface area contributed by atoms with Crippen molar-refractivity contribution in [3.05, 3.63) is 29.8 Å². The van der Waals surface area contributed by atoms with Crippen molar-refractivity contribution in [1.29, 1.82) is 5.41 Å². The largest absolute Gasteiger partial charge is 0.384 e. The summed E-state index contributed by atoms with van der Waals surface area (Å²) in [6, 6.07) is 1.80. The molecule has 88 valence electrons. The van der Waals surface area contributed by atoms with E-state index < -0.39 is 0 Å². The zero-order valence-electron chi connectivity index (χ0n) is 9.51. The van der Waals surface area contributed by atoms with Crippen molar-refractivity contribution in [1.82, 2.24) is 19.7 Å². The number of hydrogen-bond donors (Lipinski definition) is 2. The second-order valence-corrected chi connectivity index (χ2v) is 4.46. The van der Waals surface area contributed by atoms with E-state index in [2.05, 4.69) is 15.1 Å². The van der Waals surface area contributed by atoms with Gasteiger partial charge in [-0.3, -0.25) is 10.1 Å². The number of hydrogen-bond acceptors (Lipinski definition) is 5. The summed E-state index contributed by atoms with van der Waals surface area (Å²) in [5, 5.41) is 13.4. The molecule has 0 spiro atoms. The lowest BCUT2D eigenvalue weighted by atomic mass is 10.2. The van der Waals surface area contributed by atoms with Gasteiger partial charge < -0.3 is 5.73 Å². The molecule has 7 heteroatoms. The van der Waals surface area contributed by atoms with E-state index in [1.54, 1.807) is 16.9 Å². The van der Waals surface area contributed by atoms with Crippen LogP contribution in [0.1, 0.15) is 11.3 Å². The van der Waals surface area contributed by atoms with Crippen molar-refractivity contribution in [2.75, 3.05) is 0 Å². The van der Waals surface area contributed by atoms with Crippen LogP contribution in [0.5, 0.6) is 0 Å². The Morgan fingerprint density at radius 1 is 1.53 bits per heavy atom. The van der Waals surface area contributed by atoms with Crippen molar-refractivity contribution in [2.45, 2.75) is 17.0 Å². The fourth-order valence-electron chi connectivity index (χ4n) is 1.50. The number of nitrogens with zero attached hydrogens (tertiary/aromatic N) is 4. The van der Waals surface area contributed by atoms with Crippen LogP contribution in [0.25, 0.3) is 0 Å². The van der Waals surface area contributed by atoms with Crippen LogP contribution in [0.15, 0.2) is 28.6 Å². The van der Waals surface area contributed by atoms with Crippen molar-refractivity contribution >= 4 is 17.6 Å². The fourth-order valence-corrected chi connectivity index (χ4v) is 2.46. The number of nitrogens with two attached hydrogens (primary N) is 1. The van der Waals surface area contributed by atoms with Crippen LogP contribution in [0.2, 0.25) is 0 Å².